The zero-order chi connectivity index (χ0) is 16.8. The molecule has 1 aromatic carbocycles. The molecule has 2 saturated carbocycles. The normalized spacial score (nSPS) is 30.3. The van der Waals surface area contributed by atoms with Crippen LogP contribution in [0.4, 0.5) is 9.93 Å². The fourth-order valence-corrected chi connectivity index (χ4v) is 5.75. The molecule has 2 aromatic rings. The molecule has 0 radical (unpaired) electrons. The lowest BCUT2D eigenvalue weighted by Gasteiger charge is -2.38. The number of aromatic nitrogens is 2. The van der Waals surface area contributed by atoms with Gasteiger partial charge in [-0.3, -0.25) is 5.32 Å². The molecule has 2 saturated heterocycles. The highest BCUT2D eigenvalue weighted by Gasteiger charge is 2.44. The van der Waals surface area contributed by atoms with E-state index in [1.54, 1.807) is 0 Å². The zero-order valence-electron chi connectivity index (χ0n) is 14.1. The summed E-state index contributed by atoms with van der Waals surface area (Å²) < 4.78 is 4.39. The summed E-state index contributed by atoms with van der Waals surface area (Å²) in [6.45, 7) is 0.911. The van der Waals surface area contributed by atoms with Gasteiger partial charge in [0.05, 0.1) is 0 Å². The van der Waals surface area contributed by atoms with Crippen molar-refractivity contribution in [2.75, 3.05) is 11.9 Å². The number of hydrogen-bond donors (Lipinski definition) is 1. The maximum Gasteiger partial charge on any atom is 0.323 e. The number of amides is 2. The first-order chi connectivity index (χ1) is 12.2. The van der Waals surface area contributed by atoms with Gasteiger partial charge < -0.3 is 4.90 Å². The van der Waals surface area contributed by atoms with Gasteiger partial charge >= 0.3 is 6.03 Å². The summed E-state index contributed by atoms with van der Waals surface area (Å²) in [5.74, 6) is 3.05. The third-order valence-corrected chi connectivity index (χ3v) is 6.67. The molecule has 0 spiro atoms. The number of carbonyl (C=O) groups excluding carboxylic acids is 1. The Morgan fingerprint density at radius 3 is 2.52 bits per heavy atom. The van der Waals surface area contributed by atoms with Crippen LogP contribution in [0.15, 0.2) is 30.3 Å². The number of anilines is 1. The van der Waals surface area contributed by atoms with E-state index >= 15 is 0 Å². The highest BCUT2D eigenvalue weighted by molar-refractivity contribution is 7.10. The molecule has 130 valence electrons. The molecule has 2 aliphatic carbocycles. The maximum absolute atomic E-state index is 12.9. The molecule has 2 amide bonds. The summed E-state index contributed by atoms with van der Waals surface area (Å²) in [5, 5.41) is 3.59. The van der Waals surface area contributed by atoms with Crippen LogP contribution in [0.5, 0.6) is 0 Å². The van der Waals surface area contributed by atoms with Crippen LogP contribution in [0.1, 0.15) is 32.1 Å². The summed E-state index contributed by atoms with van der Waals surface area (Å²) >= 11 is 1.26. The topological polar surface area (TPSA) is 58.1 Å². The van der Waals surface area contributed by atoms with E-state index in [9.17, 15) is 4.79 Å². The molecule has 6 heteroatoms. The smallest absolute Gasteiger partial charge is 0.321 e. The Morgan fingerprint density at radius 1 is 1.04 bits per heavy atom. The first-order valence-corrected chi connectivity index (χ1v) is 9.98. The number of hydrogen-bond acceptors (Lipinski definition) is 4. The van der Waals surface area contributed by atoms with Gasteiger partial charge in [-0.25, -0.2) is 4.79 Å². The number of benzene rings is 1. The van der Waals surface area contributed by atoms with Crippen molar-refractivity contribution in [3.05, 3.63) is 30.3 Å². The summed E-state index contributed by atoms with van der Waals surface area (Å²) in [6.07, 6.45) is 6.39. The van der Waals surface area contributed by atoms with Crippen molar-refractivity contribution in [1.82, 2.24) is 14.3 Å². The van der Waals surface area contributed by atoms with Crippen LogP contribution in [0, 0.1) is 17.8 Å². The van der Waals surface area contributed by atoms with Gasteiger partial charge in [0.15, 0.2) is 5.82 Å². The van der Waals surface area contributed by atoms with Gasteiger partial charge in [-0.2, -0.15) is 9.36 Å². The van der Waals surface area contributed by atoms with E-state index in [1.807, 2.05) is 30.3 Å². The van der Waals surface area contributed by atoms with E-state index in [2.05, 4.69) is 19.6 Å². The minimum absolute atomic E-state index is 0.00830. The molecular formula is C19H22N4OS. The lowest BCUT2D eigenvalue weighted by atomic mass is 9.68. The average Bonchev–Trinajstić information content (AvgIpc) is 2.98. The highest BCUT2D eigenvalue weighted by atomic mass is 32.1. The van der Waals surface area contributed by atoms with E-state index in [-0.39, 0.29) is 6.03 Å². The highest BCUT2D eigenvalue weighted by Crippen LogP contribution is 2.47. The van der Waals surface area contributed by atoms with Gasteiger partial charge in [-0.15, -0.1) is 0 Å². The van der Waals surface area contributed by atoms with Crippen molar-refractivity contribution < 1.29 is 4.79 Å². The molecule has 4 bridgehead atoms. The molecule has 4 fully saturated rings. The molecule has 1 aromatic heterocycles. The van der Waals surface area contributed by atoms with E-state index in [0.717, 1.165) is 23.9 Å². The fourth-order valence-electron chi connectivity index (χ4n) is 5.18. The van der Waals surface area contributed by atoms with Crippen LogP contribution in [0.25, 0.3) is 11.4 Å². The SMILES string of the molecule is O=C(Nc1nc(-c2ccccc2)ns1)N1CC2CC3CC(C2)CC1C3. The number of fused-ring (bicyclic) bond motifs is 1. The van der Waals surface area contributed by atoms with Gasteiger partial charge in [0.2, 0.25) is 5.13 Å². The second kappa shape index (κ2) is 6.09. The standard InChI is InChI=1S/C19H22N4OS/c24-19(21-18-20-17(22-25-18)15-4-2-1-3-5-15)23-11-14-7-12-6-13(8-14)10-16(23)9-12/h1-5,12-14,16H,6-11H2,(H,20,21,22,24). The molecule has 6 rings (SSSR count). The van der Waals surface area contributed by atoms with Crippen LogP contribution in [0.2, 0.25) is 0 Å². The van der Waals surface area contributed by atoms with E-state index in [1.165, 1.54) is 43.6 Å². The van der Waals surface area contributed by atoms with Crippen LogP contribution in [0.3, 0.4) is 0 Å². The van der Waals surface area contributed by atoms with Crippen molar-refractivity contribution in [1.29, 1.82) is 0 Å². The Kier molecular flexibility index (Phi) is 3.73. The van der Waals surface area contributed by atoms with Crippen LogP contribution < -0.4 is 5.32 Å². The van der Waals surface area contributed by atoms with Crippen molar-refractivity contribution in [3.63, 3.8) is 0 Å². The predicted octanol–water partition coefficient (Wildman–Crippen LogP) is 4.25. The molecular weight excluding hydrogens is 332 g/mol. The van der Waals surface area contributed by atoms with E-state index < -0.39 is 0 Å². The Labute approximate surface area is 151 Å². The molecule has 2 unspecified atom stereocenters. The molecule has 4 aliphatic rings. The fraction of sp³-hybridized carbons (Fsp3) is 0.526. The zero-order valence-corrected chi connectivity index (χ0v) is 14.9. The Morgan fingerprint density at radius 2 is 1.76 bits per heavy atom. The molecule has 5 nitrogen and oxygen atoms in total. The van der Waals surface area contributed by atoms with Gasteiger partial charge in [0.1, 0.15) is 0 Å². The Hall–Kier alpha value is -1.95. The molecule has 2 aliphatic heterocycles. The summed E-state index contributed by atoms with van der Waals surface area (Å²) in [5.41, 5.74) is 0.977. The van der Waals surface area contributed by atoms with E-state index in [0.29, 0.717) is 22.9 Å². The third kappa shape index (κ3) is 2.92. The van der Waals surface area contributed by atoms with Crippen molar-refractivity contribution in [3.8, 4) is 11.4 Å². The minimum Gasteiger partial charge on any atom is -0.321 e. The quantitative estimate of drug-likeness (QED) is 0.877. The first kappa shape index (κ1) is 15.3. The maximum atomic E-state index is 12.9. The molecule has 25 heavy (non-hydrogen) atoms. The third-order valence-electron chi connectivity index (χ3n) is 6.04. The van der Waals surface area contributed by atoms with Crippen LogP contribution in [-0.4, -0.2) is 32.9 Å². The summed E-state index contributed by atoms with van der Waals surface area (Å²) in [7, 11) is 0. The second-order valence-electron chi connectivity index (χ2n) is 7.80. The second-order valence-corrected chi connectivity index (χ2v) is 8.55. The summed E-state index contributed by atoms with van der Waals surface area (Å²) in [6, 6.07) is 10.3. The average molecular weight is 354 g/mol. The van der Waals surface area contributed by atoms with Gasteiger partial charge in [-0.05, 0) is 49.9 Å². The number of rotatable bonds is 2. The van der Waals surface area contributed by atoms with Crippen LogP contribution in [-0.2, 0) is 0 Å². The lowest BCUT2D eigenvalue weighted by Crippen LogP contribution is -2.44. The molecule has 3 heterocycles. The molecule has 1 N–H and O–H groups in total. The van der Waals surface area contributed by atoms with Crippen molar-refractivity contribution in [2.45, 2.75) is 38.1 Å². The van der Waals surface area contributed by atoms with Crippen LogP contribution >= 0.6 is 11.5 Å². The minimum atomic E-state index is 0.00830. The number of nitrogens with one attached hydrogen (secondary N) is 1. The van der Waals surface area contributed by atoms with E-state index in [4.69, 9.17) is 0 Å². The van der Waals surface area contributed by atoms with Gasteiger partial charge in [-0.1, -0.05) is 30.3 Å². The Bertz CT molecular complexity index is 763. The predicted molar refractivity (Wildman–Crippen MR) is 98.4 cm³/mol. The first-order valence-electron chi connectivity index (χ1n) is 9.21. The number of urea groups is 1. The van der Waals surface area contributed by atoms with Crippen molar-refractivity contribution >= 4 is 22.7 Å². The van der Waals surface area contributed by atoms with Gasteiger partial charge in [0.25, 0.3) is 0 Å². The molecule has 2 atom stereocenters. The number of nitrogens with zero attached hydrogens (tertiary/aromatic N) is 3. The number of carbonyl (C=O) groups is 1. The van der Waals surface area contributed by atoms with Gasteiger partial charge in [0, 0.05) is 29.7 Å². The summed E-state index contributed by atoms with van der Waals surface area (Å²) in [4.78, 5) is 19.5. The lowest BCUT2D eigenvalue weighted by molar-refractivity contribution is 0.136. The largest absolute Gasteiger partial charge is 0.323 e. The Balaban J connectivity index is 1.31. The monoisotopic (exact) mass is 354 g/mol. The van der Waals surface area contributed by atoms with Crippen molar-refractivity contribution in [2.24, 2.45) is 17.8 Å².